The van der Waals surface area contributed by atoms with E-state index in [1.54, 1.807) is 0 Å². The Morgan fingerprint density at radius 3 is 0.584 bits per heavy atom. The SMILES string of the molecule is CCCCCCCCCCCCCCCCCCCCCCCCC(=O)O[C@H](COC(=O)CCCCCCCCCCCCCCCCCCCC)COP(=O)(O)OC[C@@H](O)COP(=O)(O)OC[C@@H](COC(=O)CCCCCCCCCCCC)OC(=O)CCCCCCCCCCCCC. The predicted molar refractivity (Wildman–Crippen MR) is 414 cm³/mol. The first-order chi connectivity index (χ1) is 49.2. The Balaban J connectivity index is 5.18. The maximum atomic E-state index is 13.1. The molecule has 19 heteroatoms. The van der Waals surface area contributed by atoms with Crippen molar-refractivity contribution in [2.75, 3.05) is 39.6 Å². The van der Waals surface area contributed by atoms with Crippen LogP contribution >= 0.6 is 15.6 Å². The quantitative estimate of drug-likeness (QED) is 0.0222. The van der Waals surface area contributed by atoms with Crippen molar-refractivity contribution >= 4 is 39.5 Å². The van der Waals surface area contributed by atoms with Crippen LogP contribution in [-0.2, 0) is 65.4 Å². The lowest BCUT2D eigenvalue weighted by molar-refractivity contribution is -0.161. The highest BCUT2D eigenvalue weighted by atomic mass is 31.2. The largest absolute Gasteiger partial charge is 0.472 e. The minimum absolute atomic E-state index is 0.108. The van der Waals surface area contributed by atoms with Crippen molar-refractivity contribution in [2.24, 2.45) is 0 Å². The van der Waals surface area contributed by atoms with Crippen LogP contribution in [0.15, 0.2) is 0 Å². The third kappa shape index (κ3) is 76.1. The summed E-state index contributed by atoms with van der Waals surface area (Å²) in [4.78, 5) is 73.0. The number of carbonyl (C=O) groups excluding carboxylic acids is 4. The average Bonchev–Trinajstić information content (AvgIpc) is 1.11. The molecule has 0 aliphatic heterocycles. The standard InChI is InChI=1S/C82H160O17P2/c1-5-9-13-17-21-25-29-31-33-35-37-38-39-40-42-44-46-49-53-57-61-65-69-82(87)99-78(73-93-80(85)67-63-59-55-51-48-45-43-41-36-34-32-30-26-22-18-14-10-6-2)75-97-101(90,91)95-71-76(83)70-94-100(88,89)96-74-77(72-92-79(84)66-62-58-54-50-28-24-20-16-12-8-4)98-81(86)68-64-60-56-52-47-27-23-19-15-11-7-3/h76-78,83H,5-75H2,1-4H3,(H,88,89)(H,90,91)/t76-,77+,78+/m0/s1. The molecule has 0 rings (SSSR count). The summed E-state index contributed by atoms with van der Waals surface area (Å²) in [5, 5.41) is 10.6. The van der Waals surface area contributed by atoms with Gasteiger partial charge in [0.05, 0.1) is 26.4 Å². The molecule has 0 aliphatic rings. The molecule has 101 heavy (non-hydrogen) atoms. The summed E-state index contributed by atoms with van der Waals surface area (Å²) >= 11 is 0. The van der Waals surface area contributed by atoms with Crippen molar-refractivity contribution in [3.63, 3.8) is 0 Å². The molecule has 0 bridgehead atoms. The van der Waals surface area contributed by atoms with E-state index in [4.69, 9.17) is 37.0 Å². The van der Waals surface area contributed by atoms with E-state index in [0.717, 1.165) is 89.9 Å². The van der Waals surface area contributed by atoms with Gasteiger partial charge in [0.25, 0.3) is 0 Å². The molecule has 17 nitrogen and oxygen atoms in total. The molecule has 0 fully saturated rings. The smallest absolute Gasteiger partial charge is 0.462 e. The van der Waals surface area contributed by atoms with E-state index >= 15 is 0 Å². The molecule has 0 heterocycles. The third-order valence-electron chi connectivity index (χ3n) is 19.4. The number of ether oxygens (including phenoxy) is 4. The van der Waals surface area contributed by atoms with Crippen LogP contribution in [0.4, 0.5) is 0 Å². The number of phosphoric ester groups is 2. The lowest BCUT2D eigenvalue weighted by atomic mass is 10.0. The Morgan fingerprint density at radius 2 is 0.396 bits per heavy atom. The fourth-order valence-electron chi connectivity index (χ4n) is 12.8. The summed E-state index contributed by atoms with van der Waals surface area (Å²) in [6.07, 6.45) is 69.5. The molecule has 600 valence electrons. The number of esters is 4. The Hall–Kier alpha value is -1.94. The van der Waals surface area contributed by atoms with Gasteiger partial charge in [-0.15, -0.1) is 0 Å². The molecular formula is C82H160O17P2. The molecule has 0 radical (unpaired) electrons. The Bertz CT molecular complexity index is 1910. The van der Waals surface area contributed by atoms with Crippen molar-refractivity contribution < 1.29 is 80.2 Å². The highest BCUT2D eigenvalue weighted by Crippen LogP contribution is 2.45. The summed E-state index contributed by atoms with van der Waals surface area (Å²) in [6.45, 7) is 5.01. The first kappa shape index (κ1) is 99.1. The zero-order valence-corrected chi connectivity index (χ0v) is 67.7. The fraction of sp³-hybridized carbons (Fsp3) is 0.951. The van der Waals surface area contributed by atoms with E-state index in [1.807, 2.05) is 0 Å². The number of aliphatic hydroxyl groups is 1. The summed E-state index contributed by atoms with van der Waals surface area (Å²) < 4.78 is 68.7. The zero-order valence-electron chi connectivity index (χ0n) is 65.9. The Labute approximate surface area is 619 Å². The third-order valence-corrected chi connectivity index (χ3v) is 21.3. The van der Waals surface area contributed by atoms with Gasteiger partial charge in [0.2, 0.25) is 0 Å². The topological polar surface area (TPSA) is 237 Å². The van der Waals surface area contributed by atoms with Gasteiger partial charge in [-0.1, -0.05) is 394 Å². The number of hydrogen-bond donors (Lipinski definition) is 3. The van der Waals surface area contributed by atoms with Crippen LogP contribution in [0.25, 0.3) is 0 Å². The molecular weight excluding hydrogens is 1320 g/mol. The van der Waals surface area contributed by atoms with E-state index in [1.165, 1.54) is 276 Å². The highest BCUT2D eigenvalue weighted by molar-refractivity contribution is 7.47. The maximum absolute atomic E-state index is 13.1. The molecule has 0 aliphatic carbocycles. The minimum atomic E-state index is -4.96. The van der Waals surface area contributed by atoms with Crippen LogP contribution in [0.5, 0.6) is 0 Å². The number of phosphoric acid groups is 2. The predicted octanol–water partition coefficient (Wildman–Crippen LogP) is 25.0. The molecule has 0 spiro atoms. The molecule has 0 aromatic rings. The molecule has 0 saturated carbocycles. The van der Waals surface area contributed by atoms with Crippen molar-refractivity contribution in [1.82, 2.24) is 0 Å². The monoisotopic (exact) mass is 1480 g/mol. The molecule has 0 saturated heterocycles. The summed E-state index contributed by atoms with van der Waals surface area (Å²) in [5.74, 6) is -2.10. The van der Waals surface area contributed by atoms with Crippen molar-refractivity contribution in [3.05, 3.63) is 0 Å². The van der Waals surface area contributed by atoms with Crippen LogP contribution < -0.4 is 0 Å². The van der Waals surface area contributed by atoms with Gasteiger partial charge in [0.15, 0.2) is 12.2 Å². The fourth-order valence-corrected chi connectivity index (χ4v) is 14.4. The summed E-state index contributed by atoms with van der Waals surface area (Å²) in [7, 11) is -9.91. The van der Waals surface area contributed by atoms with Crippen LogP contribution in [0.1, 0.15) is 445 Å². The van der Waals surface area contributed by atoms with Crippen molar-refractivity contribution in [3.8, 4) is 0 Å². The van der Waals surface area contributed by atoms with Crippen molar-refractivity contribution in [2.45, 2.75) is 463 Å². The van der Waals surface area contributed by atoms with Gasteiger partial charge in [-0.25, -0.2) is 9.13 Å². The van der Waals surface area contributed by atoms with Gasteiger partial charge in [-0.05, 0) is 25.7 Å². The number of hydrogen-bond acceptors (Lipinski definition) is 15. The second-order valence-electron chi connectivity index (χ2n) is 29.5. The number of carbonyl (C=O) groups is 4. The maximum Gasteiger partial charge on any atom is 0.472 e. The first-order valence-corrected chi connectivity index (χ1v) is 45.8. The Kier molecular flexibility index (Phi) is 74.8. The van der Waals surface area contributed by atoms with Gasteiger partial charge >= 0.3 is 39.5 Å². The first-order valence-electron chi connectivity index (χ1n) is 42.8. The second-order valence-corrected chi connectivity index (χ2v) is 32.4. The van der Waals surface area contributed by atoms with E-state index in [0.29, 0.717) is 25.7 Å². The molecule has 2 unspecified atom stereocenters. The van der Waals surface area contributed by atoms with E-state index in [9.17, 15) is 43.2 Å². The Morgan fingerprint density at radius 1 is 0.238 bits per heavy atom. The highest BCUT2D eigenvalue weighted by Gasteiger charge is 2.30. The van der Waals surface area contributed by atoms with Gasteiger partial charge in [-0.2, -0.15) is 0 Å². The lowest BCUT2D eigenvalue weighted by Crippen LogP contribution is -2.30. The average molecular weight is 1480 g/mol. The molecule has 0 aromatic heterocycles. The van der Waals surface area contributed by atoms with Gasteiger partial charge in [-0.3, -0.25) is 37.3 Å². The van der Waals surface area contributed by atoms with Gasteiger partial charge in [0.1, 0.15) is 19.3 Å². The van der Waals surface area contributed by atoms with Crippen molar-refractivity contribution in [1.29, 1.82) is 0 Å². The summed E-state index contributed by atoms with van der Waals surface area (Å²) in [6, 6.07) is 0. The minimum Gasteiger partial charge on any atom is -0.462 e. The van der Waals surface area contributed by atoms with Crippen LogP contribution in [0, 0.1) is 0 Å². The molecule has 0 aromatic carbocycles. The number of aliphatic hydroxyl groups excluding tert-OH is 1. The van der Waals surface area contributed by atoms with Crippen LogP contribution in [0.3, 0.4) is 0 Å². The second kappa shape index (κ2) is 76.3. The normalized spacial score (nSPS) is 13.8. The molecule has 0 amide bonds. The molecule has 3 N–H and O–H groups in total. The van der Waals surface area contributed by atoms with E-state index in [2.05, 4.69) is 27.7 Å². The lowest BCUT2D eigenvalue weighted by Gasteiger charge is -2.21. The van der Waals surface area contributed by atoms with Gasteiger partial charge < -0.3 is 33.8 Å². The number of unbranched alkanes of at least 4 members (excludes halogenated alkanes) is 57. The van der Waals surface area contributed by atoms with E-state index in [-0.39, 0.29) is 25.7 Å². The van der Waals surface area contributed by atoms with Crippen LogP contribution in [0.2, 0.25) is 0 Å². The number of rotatable bonds is 83. The van der Waals surface area contributed by atoms with Crippen LogP contribution in [-0.4, -0.2) is 96.7 Å². The van der Waals surface area contributed by atoms with E-state index < -0.39 is 97.5 Å². The molecule has 5 atom stereocenters. The zero-order chi connectivity index (χ0) is 73.9. The van der Waals surface area contributed by atoms with Gasteiger partial charge in [0, 0.05) is 25.7 Å². The summed E-state index contributed by atoms with van der Waals surface area (Å²) in [5.41, 5.74) is 0.